The Morgan fingerprint density at radius 3 is 1.06 bits per heavy atom. The van der Waals surface area contributed by atoms with Crippen LogP contribution in [0.5, 0.6) is 0 Å². The Hall–Kier alpha value is 1.14. The predicted molar refractivity (Wildman–Crippen MR) is 96.9 cm³/mol. The molecule has 0 unspecified atom stereocenters. The van der Waals surface area contributed by atoms with Gasteiger partial charge in [-0.3, -0.25) is 0 Å². The highest BCUT2D eigenvalue weighted by atomic mass is 28.5. The second-order valence-electron chi connectivity index (χ2n) is 6.52. The van der Waals surface area contributed by atoms with Crippen molar-refractivity contribution in [1.29, 1.82) is 0 Å². The Bertz CT molecular complexity index is 193. The summed E-state index contributed by atoms with van der Waals surface area (Å²) in [5, 5.41) is 0. The minimum atomic E-state index is -1.85. The summed E-state index contributed by atoms with van der Waals surface area (Å²) in [6.07, 6.45) is 0. The van der Waals surface area contributed by atoms with Gasteiger partial charge < -0.3 is 16.5 Å². The van der Waals surface area contributed by atoms with Gasteiger partial charge in [-0.25, -0.2) is 0 Å². The fourth-order valence-corrected chi connectivity index (χ4v) is 17.0. The van der Waals surface area contributed by atoms with E-state index in [1.165, 1.54) is 0 Å². The van der Waals surface area contributed by atoms with Crippen molar-refractivity contribution in [2.24, 2.45) is 0 Å². The monoisotopic (exact) mass is 360 g/mol. The lowest BCUT2D eigenvalue weighted by Crippen LogP contribution is -2.50. The van der Waals surface area contributed by atoms with Crippen LogP contribution in [0.1, 0.15) is 0 Å². The molecule has 0 radical (unpaired) electrons. The van der Waals surface area contributed by atoms with Crippen molar-refractivity contribution in [2.45, 2.75) is 52.4 Å². The second-order valence-corrected chi connectivity index (χ2v) is 24.3. The van der Waals surface area contributed by atoms with Gasteiger partial charge in [0.2, 0.25) is 0 Å². The lowest BCUT2D eigenvalue weighted by Gasteiger charge is -2.35. The van der Waals surface area contributed by atoms with Gasteiger partial charge >= 0.3 is 8.56 Å². The fourth-order valence-electron chi connectivity index (χ4n) is 1.61. The molecular formula is C8H32O4Si6. The molecule has 0 amide bonds. The average Bonchev–Trinajstić information content (AvgIpc) is 1.95. The molecule has 0 aromatic rings. The highest BCUT2D eigenvalue weighted by Crippen LogP contribution is 2.19. The van der Waals surface area contributed by atoms with E-state index >= 15 is 0 Å². The van der Waals surface area contributed by atoms with Crippen molar-refractivity contribution in [2.75, 3.05) is 0 Å². The molecule has 0 heterocycles. The lowest BCUT2D eigenvalue weighted by atomic mass is 11.8. The molecule has 0 saturated carbocycles. The van der Waals surface area contributed by atoms with E-state index in [2.05, 4.69) is 52.4 Å². The van der Waals surface area contributed by atoms with Crippen LogP contribution >= 0.6 is 0 Å². The van der Waals surface area contributed by atoms with Gasteiger partial charge in [0.1, 0.15) is 21.0 Å². The zero-order chi connectivity index (χ0) is 15.0. The molecule has 0 rings (SSSR count). The first-order valence-corrected chi connectivity index (χ1v) is 18.6. The van der Waals surface area contributed by atoms with E-state index in [9.17, 15) is 0 Å². The smallest absolute Gasteiger partial charge is 0.311 e. The van der Waals surface area contributed by atoms with Crippen LogP contribution < -0.4 is 0 Å². The Morgan fingerprint density at radius 2 is 0.944 bits per heavy atom. The number of hydrogen-bond donors (Lipinski definition) is 0. The average molecular weight is 361 g/mol. The van der Waals surface area contributed by atoms with Crippen LogP contribution in [0.3, 0.4) is 0 Å². The number of rotatable bonds is 6. The molecule has 0 aromatic carbocycles. The van der Waals surface area contributed by atoms with Crippen molar-refractivity contribution >= 4 is 56.2 Å². The van der Waals surface area contributed by atoms with E-state index in [0.29, 0.717) is 0 Å². The van der Waals surface area contributed by atoms with Crippen molar-refractivity contribution < 1.29 is 16.5 Å². The standard InChI is InChI=1S/C8H24O2Si3.H8O2Si3/c1-11(2,3)9-13(7,8)10-12(4,5)6;3-1-5-2-4/h1-8H3;5H2,3-4H3. The first kappa shape index (κ1) is 21.4. The van der Waals surface area contributed by atoms with E-state index in [1.807, 2.05) is 0 Å². The minimum Gasteiger partial charge on any atom is -0.449 e. The molecule has 0 spiro atoms. The van der Waals surface area contributed by atoms with Gasteiger partial charge in [-0.05, 0) is 52.4 Å². The van der Waals surface area contributed by atoms with Gasteiger partial charge in [0.15, 0.2) is 16.6 Å². The fraction of sp³-hybridized carbons (Fsp3) is 1.00. The zero-order valence-corrected chi connectivity index (χ0v) is 22.3. The summed E-state index contributed by atoms with van der Waals surface area (Å²) in [5.41, 5.74) is 0. The van der Waals surface area contributed by atoms with E-state index in [-0.39, 0.29) is 0 Å². The first-order valence-electron chi connectivity index (χ1n) is 6.21. The summed E-state index contributed by atoms with van der Waals surface area (Å²) in [5.74, 6) is 0. The molecule has 0 N–H and O–H groups in total. The van der Waals surface area contributed by atoms with Crippen LogP contribution in [0, 0.1) is 0 Å². The Labute approximate surface area is 125 Å². The van der Waals surface area contributed by atoms with Crippen LogP contribution in [-0.4, -0.2) is 56.2 Å². The van der Waals surface area contributed by atoms with E-state index in [0.717, 1.165) is 21.0 Å². The Kier molecular flexibility index (Phi) is 10.9. The zero-order valence-electron chi connectivity index (χ0n) is 13.8. The maximum Gasteiger partial charge on any atom is 0.311 e. The lowest BCUT2D eigenvalue weighted by molar-refractivity contribution is 0.395. The Balaban J connectivity index is 0. The summed E-state index contributed by atoms with van der Waals surface area (Å²) in [6.45, 7) is 17.6. The maximum absolute atomic E-state index is 6.09. The molecule has 0 aliphatic rings. The molecule has 10 heteroatoms. The van der Waals surface area contributed by atoms with Crippen LogP contribution in [0.25, 0.3) is 0 Å². The highest BCUT2D eigenvalue weighted by molar-refractivity contribution is 6.87. The summed E-state index contributed by atoms with van der Waals surface area (Å²) in [7, 11) is -3.45. The molecule has 0 aliphatic heterocycles. The minimum absolute atomic E-state index is 0.444. The van der Waals surface area contributed by atoms with Gasteiger partial charge in [-0.1, -0.05) is 0 Å². The predicted octanol–water partition coefficient (Wildman–Crippen LogP) is -0.0296. The van der Waals surface area contributed by atoms with Crippen LogP contribution in [-0.2, 0) is 16.5 Å². The van der Waals surface area contributed by atoms with Crippen molar-refractivity contribution in [3.63, 3.8) is 0 Å². The molecule has 0 aromatic heterocycles. The normalized spacial score (nSPS) is 14.0. The largest absolute Gasteiger partial charge is 0.449 e. The molecule has 18 heavy (non-hydrogen) atoms. The van der Waals surface area contributed by atoms with Crippen LogP contribution in [0.4, 0.5) is 0 Å². The van der Waals surface area contributed by atoms with Crippen molar-refractivity contribution in [3.8, 4) is 0 Å². The van der Waals surface area contributed by atoms with E-state index in [1.54, 1.807) is 0 Å². The summed E-state index contributed by atoms with van der Waals surface area (Å²) in [6, 6.07) is 0. The second kappa shape index (κ2) is 9.15. The molecule has 0 aliphatic carbocycles. The summed E-state index contributed by atoms with van der Waals surface area (Å²) in [4.78, 5) is 0. The first-order chi connectivity index (χ1) is 7.83. The molecule has 0 fully saturated rings. The third kappa shape index (κ3) is 19.5. The quantitative estimate of drug-likeness (QED) is 0.623. The summed E-state index contributed by atoms with van der Waals surface area (Å²) < 4.78 is 21.7. The Morgan fingerprint density at radius 1 is 0.667 bits per heavy atom. The molecule has 4 nitrogen and oxygen atoms in total. The molecule has 0 bridgehead atoms. The van der Waals surface area contributed by atoms with Crippen molar-refractivity contribution in [1.82, 2.24) is 0 Å². The summed E-state index contributed by atoms with van der Waals surface area (Å²) >= 11 is 0. The molecule has 0 atom stereocenters. The SMILES string of the molecule is C[Si](C)(C)O[Si](C)(C)O[Si](C)(C)C.[SiH3]O[SiH2]O[SiH3]. The molecule has 112 valence electrons. The number of hydrogen-bond acceptors (Lipinski definition) is 4. The van der Waals surface area contributed by atoms with Gasteiger partial charge in [-0.15, -0.1) is 0 Å². The maximum atomic E-state index is 6.09. The van der Waals surface area contributed by atoms with Gasteiger partial charge in [0.05, 0.1) is 0 Å². The third-order valence-corrected chi connectivity index (χ3v) is 12.1. The van der Waals surface area contributed by atoms with E-state index in [4.69, 9.17) is 16.5 Å². The van der Waals surface area contributed by atoms with Gasteiger partial charge in [-0.2, -0.15) is 0 Å². The molecule has 0 saturated heterocycles. The van der Waals surface area contributed by atoms with Crippen LogP contribution in [0.2, 0.25) is 52.4 Å². The van der Waals surface area contributed by atoms with Crippen LogP contribution in [0.15, 0.2) is 0 Å². The van der Waals surface area contributed by atoms with Gasteiger partial charge in [0.25, 0.3) is 10.0 Å². The highest BCUT2D eigenvalue weighted by Gasteiger charge is 2.35. The van der Waals surface area contributed by atoms with E-state index < -0.39 is 35.2 Å². The van der Waals surface area contributed by atoms with Crippen molar-refractivity contribution in [3.05, 3.63) is 0 Å². The topological polar surface area (TPSA) is 36.9 Å². The molecular weight excluding hydrogens is 329 g/mol. The van der Waals surface area contributed by atoms with Gasteiger partial charge in [0, 0.05) is 0 Å². The third-order valence-electron chi connectivity index (χ3n) is 1.34.